The number of anilines is 1. The third kappa shape index (κ3) is 3.94. The molecule has 0 aliphatic rings. The lowest BCUT2D eigenvalue weighted by molar-refractivity contribution is -0.665. The first-order valence-corrected chi connectivity index (χ1v) is 9.42. The molecule has 0 unspecified atom stereocenters. The molecule has 0 aliphatic heterocycles. The molecule has 134 valence electrons. The molecule has 3 aromatic rings. The van der Waals surface area contributed by atoms with Crippen LogP contribution in [0.1, 0.15) is 17.5 Å². The quantitative estimate of drug-likeness (QED) is 0.478. The SMILES string of the molecule is CC[n+]1c(/C=C/C=C/c2ccc(N(C)C)nc2)sc2cc(OC)ccc21. The molecule has 0 saturated heterocycles. The van der Waals surface area contributed by atoms with E-state index in [-0.39, 0.29) is 0 Å². The second-order valence-corrected chi connectivity index (χ2v) is 7.14. The lowest BCUT2D eigenvalue weighted by atomic mass is 10.2. The van der Waals surface area contributed by atoms with Crippen LogP contribution < -0.4 is 14.2 Å². The molecule has 1 aromatic carbocycles. The van der Waals surface area contributed by atoms with Crippen molar-refractivity contribution in [3.05, 3.63) is 59.3 Å². The lowest BCUT2D eigenvalue weighted by Gasteiger charge is -2.10. The van der Waals surface area contributed by atoms with Crippen LogP contribution in [0.3, 0.4) is 0 Å². The van der Waals surface area contributed by atoms with E-state index in [0.717, 1.165) is 23.7 Å². The van der Waals surface area contributed by atoms with Crippen LogP contribution in [0.5, 0.6) is 5.75 Å². The van der Waals surface area contributed by atoms with E-state index >= 15 is 0 Å². The average molecular weight is 367 g/mol. The summed E-state index contributed by atoms with van der Waals surface area (Å²) in [4.78, 5) is 6.42. The van der Waals surface area contributed by atoms with Crippen molar-refractivity contribution in [2.45, 2.75) is 13.5 Å². The number of thiazole rings is 1. The van der Waals surface area contributed by atoms with Crippen LogP contribution in [0.2, 0.25) is 0 Å². The van der Waals surface area contributed by atoms with Crippen LogP contribution >= 0.6 is 11.3 Å². The number of hydrogen-bond donors (Lipinski definition) is 0. The van der Waals surface area contributed by atoms with Crippen molar-refractivity contribution in [3.8, 4) is 5.75 Å². The first-order chi connectivity index (χ1) is 12.6. The van der Waals surface area contributed by atoms with Crippen molar-refractivity contribution in [1.29, 1.82) is 0 Å². The predicted molar refractivity (Wildman–Crippen MR) is 111 cm³/mol. The monoisotopic (exact) mass is 366 g/mol. The van der Waals surface area contributed by atoms with Gasteiger partial charge in [-0.2, -0.15) is 4.57 Å². The number of allylic oxidation sites excluding steroid dienone is 2. The van der Waals surface area contributed by atoms with Crippen LogP contribution in [0, 0.1) is 0 Å². The van der Waals surface area contributed by atoms with E-state index in [4.69, 9.17) is 4.74 Å². The smallest absolute Gasteiger partial charge is 0.262 e. The van der Waals surface area contributed by atoms with Gasteiger partial charge in [0.15, 0.2) is 0 Å². The molecule has 0 bridgehead atoms. The normalized spacial score (nSPS) is 11.7. The minimum Gasteiger partial charge on any atom is -0.497 e. The maximum absolute atomic E-state index is 5.33. The zero-order valence-electron chi connectivity index (χ0n) is 15.6. The largest absolute Gasteiger partial charge is 0.497 e. The number of benzene rings is 1. The molecule has 0 saturated carbocycles. The van der Waals surface area contributed by atoms with E-state index in [9.17, 15) is 0 Å². The third-order valence-corrected chi connectivity index (χ3v) is 5.23. The van der Waals surface area contributed by atoms with E-state index in [1.807, 2.05) is 37.3 Å². The fourth-order valence-corrected chi connectivity index (χ4v) is 3.90. The van der Waals surface area contributed by atoms with Crippen molar-refractivity contribution in [2.24, 2.45) is 0 Å². The molecule has 2 heterocycles. The van der Waals surface area contributed by atoms with Gasteiger partial charge in [-0.15, -0.1) is 0 Å². The minimum absolute atomic E-state index is 0.895. The van der Waals surface area contributed by atoms with Gasteiger partial charge in [-0.3, -0.25) is 0 Å². The van der Waals surface area contributed by atoms with Gasteiger partial charge in [-0.05, 0) is 30.7 Å². The standard InChI is InChI=1S/C21H24N3OS/c1-5-24-18-12-11-17(25-4)14-19(18)26-21(24)9-7-6-8-16-10-13-20(22-15-16)23(2)3/h6-15H,5H2,1-4H3/q+1. The Morgan fingerprint density at radius 2 is 1.96 bits per heavy atom. The molecule has 0 aliphatic carbocycles. The zero-order valence-corrected chi connectivity index (χ0v) is 16.5. The van der Waals surface area contributed by atoms with Gasteiger partial charge in [0.2, 0.25) is 5.52 Å². The summed E-state index contributed by atoms with van der Waals surface area (Å²) in [6, 6.07) is 10.3. The Balaban J connectivity index is 1.79. The molecule has 5 heteroatoms. The van der Waals surface area contributed by atoms with Crippen LogP contribution in [0.15, 0.2) is 48.7 Å². The van der Waals surface area contributed by atoms with Crippen LogP contribution in [-0.2, 0) is 6.54 Å². The second-order valence-electron chi connectivity index (χ2n) is 6.08. The molecule has 0 atom stereocenters. The summed E-state index contributed by atoms with van der Waals surface area (Å²) < 4.78 is 8.89. The van der Waals surface area contributed by atoms with E-state index < -0.39 is 0 Å². The summed E-state index contributed by atoms with van der Waals surface area (Å²) in [5.74, 6) is 1.86. The van der Waals surface area contributed by atoms with Crippen molar-refractivity contribution in [1.82, 2.24) is 4.98 Å². The number of ether oxygens (including phenoxy) is 1. The van der Waals surface area contributed by atoms with Crippen molar-refractivity contribution >= 4 is 39.5 Å². The topological polar surface area (TPSA) is 29.2 Å². The third-order valence-electron chi connectivity index (χ3n) is 4.12. The van der Waals surface area contributed by atoms with Gasteiger partial charge in [-0.25, -0.2) is 4.98 Å². The summed E-state index contributed by atoms with van der Waals surface area (Å²) in [7, 11) is 5.68. The maximum Gasteiger partial charge on any atom is 0.262 e. The molecule has 0 amide bonds. The van der Waals surface area contributed by atoms with Gasteiger partial charge in [0.1, 0.15) is 22.8 Å². The number of nitrogens with zero attached hydrogens (tertiary/aromatic N) is 3. The fourth-order valence-electron chi connectivity index (χ4n) is 2.73. The Kier molecular flexibility index (Phi) is 5.68. The number of aromatic nitrogens is 2. The summed E-state index contributed by atoms with van der Waals surface area (Å²) in [6.45, 7) is 3.10. The number of fused-ring (bicyclic) bond motifs is 1. The zero-order chi connectivity index (χ0) is 18.5. The Labute approximate surface area is 158 Å². The molecular weight excluding hydrogens is 342 g/mol. The van der Waals surface area contributed by atoms with Crippen molar-refractivity contribution < 1.29 is 9.30 Å². The van der Waals surface area contributed by atoms with Gasteiger partial charge in [0.05, 0.1) is 7.11 Å². The highest BCUT2D eigenvalue weighted by Crippen LogP contribution is 2.25. The van der Waals surface area contributed by atoms with E-state index in [0.29, 0.717) is 0 Å². The molecule has 4 nitrogen and oxygen atoms in total. The van der Waals surface area contributed by atoms with Crippen LogP contribution in [0.4, 0.5) is 5.82 Å². The van der Waals surface area contributed by atoms with E-state index in [1.165, 1.54) is 15.2 Å². The van der Waals surface area contributed by atoms with Gasteiger partial charge >= 0.3 is 0 Å². The highest BCUT2D eigenvalue weighted by molar-refractivity contribution is 7.18. The number of rotatable bonds is 6. The molecule has 2 aromatic heterocycles. The first-order valence-electron chi connectivity index (χ1n) is 8.61. The number of hydrogen-bond acceptors (Lipinski definition) is 4. The minimum atomic E-state index is 0.895. The summed E-state index contributed by atoms with van der Waals surface area (Å²) in [5, 5.41) is 1.22. The summed E-state index contributed by atoms with van der Waals surface area (Å²) in [5.41, 5.74) is 2.33. The van der Waals surface area contributed by atoms with Crippen molar-refractivity contribution in [2.75, 3.05) is 26.1 Å². The lowest BCUT2D eigenvalue weighted by Crippen LogP contribution is -2.33. The fraction of sp³-hybridized carbons (Fsp3) is 0.238. The van der Waals surface area contributed by atoms with Gasteiger partial charge < -0.3 is 9.64 Å². The van der Waals surface area contributed by atoms with Crippen LogP contribution in [-0.4, -0.2) is 26.2 Å². The Morgan fingerprint density at radius 3 is 2.62 bits per heavy atom. The number of aryl methyl sites for hydroxylation is 1. The molecule has 0 radical (unpaired) electrons. The highest BCUT2D eigenvalue weighted by Gasteiger charge is 2.17. The molecule has 26 heavy (non-hydrogen) atoms. The van der Waals surface area contributed by atoms with E-state index in [2.05, 4.69) is 59.0 Å². The Morgan fingerprint density at radius 1 is 1.15 bits per heavy atom. The van der Waals surface area contributed by atoms with E-state index in [1.54, 1.807) is 18.4 Å². The Hall–Kier alpha value is -2.66. The molecule has 0 spiro atoms. The molecule has 0 N–H and O–H groups in total. The highest BCUT2D eigenvalue weighted by atomic mass is 32.1. The predicted octanol–water partition coefficient (Wildman–Crippen LogP) is 4.40. The van der Waals surface area contributed by atoms with Gasteiger partial charge in [0.25, 0.3) is 5.01 Å². The van der Waals surface area contributed by atoms with Crippen molar-refractivity contribution in [3.63, 3.8) is 0 Å². The summed E-state index contributed by atoms with van der Waals surface area (Å²) >= 11 is 1.77. The average Bonchev–Trinajstić information content (AvgIpc) is 3.01. The molecule has 3 rings (SSSR count). The number of methoxy groups -OCH3 is 1. The van der Waals surface area contributed by atoms with Gasteiger partial charge in [-0.1, -0.05) is 29.6 Å². The maximum atomic E-state index is 5.33. The molecular formula is C21H24N3OS+. The number of pyridine rings is 1. The summed E-state index contributed by atoms with van der Waals surface area (Å²) in [6.07, 6.45) is 10.2. The van der Waals surface area contributed by atoms with Gasteiger partial charge in [0, 0.05) is 38.5 Å². The first kappa shape index (κ1) is 18.1. The van der Waals surface area contributed by atoms with Crippen LogP contribution in [0.25, 0.3) is 22.4 Å². The second kappa shape index (κ2) is 8.15. The molecule has 0 fully saturated rings. The Bertz CT molecular complexity index is 940.